The van der Waals surface area contributed by atoms with Crippen molar-refractivity contribution in [2.75, 3.05) is 5.32 Å². The van der Waals surface area contributed by atoms with Gasteiger partial charge in [0.1, 0.15) is 5.75 Å². The number of rotatable bonds is 6. The first kappa shape index (κ1) is 19.4. The molecule has 2 aromatic carbocycles. The Bertz CT molecular complexity index is 788. The van der Waals surface area contributed by atoms with Crippen LogP contribution in [-0.2, 0) is 0 Å². The molecule has 1 atom stereocenters. The minimum Gasteiger partial charge on any atom is -0.491 e. The summed E-state index contributed by atoms with van der Waals surface area (Å²) in [5, 5.41) is 14.4. The Morgan fingerprint density at radius 1 is 1.08 bits per heavy atom. The van der Waals surface area contributed by atoms with Gasteiger partial charge in [0.15, 0.2) is 5.11 Å². The van der Waals surface area contributed by atoms with Gasteiger partial charge in [-0.2, -0.15) is 0 Å². The minimum atomic E-state index is -1.01. The van der Waals surface area contributed by atoms with Crippen LogP contribution in [0.3, 0.4) is 0 Å². The first-order chi connectivity index (χ1) is 12.4. The van der Waals surface area contributed by atoms with Crippen LogP contribution in [0.4, 0.5) is 5.69 Å². The zero-order valence-corrected chi connectivity index (χ0v) is 15.3. The summed E-state index contributed by atoms with van der Waals surface area (Å²) in [6, 6.07) is 12.8. The molecule has 0 aromatic heterocycles. The van der Waals surface area contributed by atoms with Crippen molar-refractivity contribution in [3.8, 4) is 5.75 Å². The van der Waals surface area contributed by atoms with Gasteiger partial charge in [0.05, 0.1) is 11.7 Å². The van der Waals surface area contributed by atoms with Crippen LogP contribution in [0.5, 0.6) is 5.75 Å². The number of ether oxygens (including phenoxy) is 1. The van der Waals surface area contributed by atoms with Crippen LogP contribution < -0.4 is 15.4 Å². The lowest BCUT2D eigenvalue weighted by molar-refractivity contribution is 0.0696. The first-order valence-corrected chi connectivity index (χ1v) is 8.52. The minimum absolute atomic E-state index is 0.110. The number of carbonyl (C=O) groups is 2. The maximum absolute atomic E-state index is 12.2. The van der Waals surface area contributed by atoms with Gasteiger partial charge >= 0.3 is 5.97 Å². The van der Waals surface area contributed by atoms with Crippen LogP contribution in [0.1, 0.15) is 41.0 Å². The number of carbonyl (C=O) groups excluding carboxylic acids is 1. The third kappa shape index (κ3) is 5.56. The zero-order valence-electron chi connectivity index (χ0n) is 14.5. The fourth-order valence-electron chi connectivity index (χ4n) is 2.03. The van der Waals surface area contributed by atoms with Crippen LogP contribution in [0.15, 0.2) is 48.5 Å². The summed E-state index contributed by atoms with van der Waals surface area (Å²) in [7, 11) is 0. The van der Waals surface area contributed by atoms with E-state index in [1.165, 1.54) is 12.1 Å². The van der Waals surface area contributed by atoms with Crippen molar-refractivity contribution in [2.24, 2.45) is 0 Å². The quantitative estimate of drug-likeness (QED) is 0.671. The Labute approximate surface area is 157 Å². The van der Waals surface area contributed by atoms with Crippen LogP contribution in [0, 0.1) is 0 Å². The third-order valence-corrected chi connectivity index (χ3v) is 3.85. The Morgan fingerprint density at radius 2 is 1.65 bits per heavy atom. The van der Waals surface area contributed by atoms with Crippen molar-refractivity contribution in [3.63, 3.8) is 0 Å². The molecule has 3 N–H and O–H groups in total. The lowest BCUT2D eigenvalue weighted by Crippen LogP contribution is -2.34. The van der Waals surface area contributed by atoms with Crippen molar-refractivity contribution in [1.82, 2.24) is 5.32 Å². The standard InChI is InChI=1S/C19H20N2O4S/c1-3-12(2)25-16-10-6-13(7-11-16)17(22)21-19(26)20-15-8-4-14(5-9-15)18(23)24/h4-12H,3H2,1-2H3,(H,23,24)(H2,20,21,22,26)/t12-/m0/s1. The van der Waals surface area contributed by atoms with E-state index in [9.17, 15) is 9.59 Å². The summed E-state index contributed by atoms with van der Waals surface area (Å²) in [5.74, 6) is -0.650. The van der Waals surface area contributed by atoms with Gasteiger partial charge in [-0.25, -0.2) is 4.79 Å². The molecular weight excluding hydrogens is 352 g/mol. The third-order valence-electron chi connectivity index (χ3n) is 3.65. The van der Waals surface area contributed by atoms with E-state index in [1.54, 1.807) is 36.4 Å². The topological polar surface area (TPSA) is 87.7 Å². The number of aromatic carboxylic acids is 1. The number of hydrogen-bond donors (Lipinski definition) is 3. The van der Waals surface area contributed by atoms with E-state index in [2.05, 4.69) is 10.6 Å². The summed E-state index contributed by atoms with van der Waals surface area (Å²) in [6.07, 6.45) is 1.01. The summed E-state index contributed by atoms with van der Waals surface area (Å²) in [6.45, 7) is 4.02. The highest BCUT2D eigenvalue weighted by Crippen LogP contribution is 2.15. The molecule has 6 nitrogen and oxygen atoms in total. The van der Waals surface area contributed by atoms with E-state index < -0.39 is 5.97 Å². The molecule has 26 heavy (non-hydrogen) atoms. The van der Waals surface area contributed by atoms with E-state index in [0.717, 1.165) is 6.42 Å². The molecule has 0 heterocycles. The van der Waals surface area contributed by atoms with Crippen LogP contribution >= 0.6 is 12.2 Å². The summed E-state index contributed by atoms with van der Waals surface area (Å²) < 4.78 is 5.67. The average Bonchev–Trinajstić information content (AvgIpc) is 2.62. The van der Waals surface area contributed by atoms with E-state index in [4.69, 9.17) is 22.1 Å². The number of benzene rings is 2. The molecule has 0 radical (unpaired) electrons. The Kier molecular flexibility index (Phi) is 6.68. The molecule has 0 aliphatic heterocycles. The smallest absolute Gasteiger partial charge is 0.335 e. The number of anilines is 1. The van der Waals surface area contributed by atoms with Crippen LogP contribution in [-0.4, -0.2) is 28.2 Å². The van der Waals surface area contributed by atoms with Gasteiger partial charge < -0.3 is 15.2 Å². The van der Waals surface area contributed by atoms with Crippen molar-refractivity contribution in [1.29, 1.82) is 0 Å². The highest BCUT2D eigenvalue weighted by Gasteiger charge is 2.09. The molecular formula is C19H20N2O4S. The second-order valence-electron chi connectivity index (χ2n) is 5.65. The molecule has 0 fully saturated rings. The molecule has 136 valence electrons. The second kappa shape index (κ2) is 8.96. The molecule has 0 saturated heterocycles. The Morgan fingerprint density at radius 3 is 2.19 bits per heavy atom. The average molecular weight is 372 g/mol. The molecule has 1 amide bonds. The number of hydrogen-bond acceptors (Lipinski definition) is 4. The fourth-order valence-corrected chi connectivity index (χ4v) is 2.24. The monoisotopic (exact) mass is 372 g/mol. The molecule has 0 bridgehead atoms. The van der Waals surface area contributed by atoms with Crippen LogP contribution in [0.25, 0.3) is 0 Å². The fraction of sp³-hybridized carbons (Fsp3) is 0.211. The highest BCUT2D eigenvalue weighted by molar-refractivity contribution is 7.80. The summed E-state index contributed by atoms with van der Waals surface area (Å²) in [4.78, 5) is 23.0. The van der Waals surface area contributed by atoms with Gasteiger partial charge in [-0.3, -0.25) is 10.1 Å². The van der Waals surface area contributed by atoms with Gasteiger partial charge in [0, 0.05) is 11.3 Å². The van der Waals surface area contributed by atoms with Gasteiger partial charge in [-0.1, -0.05) is 6.92 Å². The van der Waals surface area contributed by atoms with E-state index in [1.807, 2.05) is 13.8 Å². The maximum Gasteiger partial charge on any atom is 0.335 e. The molecule has 0 aliphatic rings. The number of carboxylic acid groups (broad SMARTS) is 1. The van der Waals surface area contributed by atoms with Gasteiger partial charge in [0.2, 0.25) is 0 Å². The predicted octanol–water partition coefficient (Wildman–Crippen LogP) is 3.69. The van der Waals surface area contributed by atoms with E-state index in [0.29, 0.717) is 17.0 Å². The second-order valence-corrected chi connectivity index (χ2v) is 6.06. The SMILES string of the molecule is CC[C@H](C)Oc1ccc(C(=O)NC(=S)Nc2ccc(C(=O)O)cc2)cc1. The van der Waals surface area contributed by atoms with Crippen molar-refractivity contribution in [3.05, 3.63) is 59.7 Å². The highest BCUT2D eigenvalue weighted by atomic mass is 32.1. The van der Waals surface area contributed by atoms with Crippen molar-refractivity contribution in [2.45, 2.75) is 26.4 Å². The van der Waals surface area contributed by atoms with Gasteiger partial charge in [-0.15, -0.1) is 0 Å². The van der Waals surface area contributed by atoms with Crippen LogP contribution in [0.2, 0.25) is 0 Å². The first-order valence-electron chi connectivity index (χ1n) is 8.11. The Hall–Kier alpha value is -2.93. The summed E-state index contributed by atoms with van der Waals surface area (Å²) in [5.41, 5.74) is 1.20. The number of carboxylic acids is 1. The molecule has 0 unspecified atom stereocenters. The van der Waals surface area contributed by atoms with Gasteiger partial charge in [0.25, 0.3) is 5.91 Å². The zero-order chi connectivity index (χ0) is 19.1. The predicted molar refractivity (Wildman–Crippen MR) is 104 cm³/mol. The lowest BCUT2D eigenvalue weighted by atomic mass is 10.2. The molecule has 2 rings (SSSR count). The van der Waals surface area contributed by atoms with Gasteiger partial charge in [-0.05, 0) is 74.1 Å². The van der Waals surface area contributed by atoms with E-state index >= 15 is 0 Å². The summed E-state index contributed by atoms with van der Waals surface area (Å²) >= 11 is 5.11. The van der Waals surface area contributed by atoms with E-state index in [-0.39, 0.29) is 22.7 Å². The molecule has 0 spiro atoms. The molecule has 2 aromatic rings. The number of amides is 1. The molecule has 7 heteroatoms. The maximum atomic E-state index is 12.2. The largest absolute Gasteiger partial charge is 0.491 e. The molecule has 0 saturated carbocycles. The Balaban J connectivity index is 1.92. The lowest BCUT2D eigenvalue weighted by Gasteiger charge is -2.13. The van der Waals surface area contributed by atoms with Crippen molar-refractivity contribution < 1.29 is 19.4 Å². The van der Waals surface area contributed by atoms with Crippen molar-refractivity contribution >= 4 is 34.9 Å². The molecule has 0 aliphatic carbocycles. The number of thiocarbonyl (C=S) groups is 1. The normalized spacial score (nSPS) is 11.3. The number of nitrogens with one attached hydrogen (secondary N) is 2.